The Hall–Kier alpha value is -0.970. The Morgan fingerprint density at radius 3 is 2.90 bits per heavy atom. The average molecular weight is 304 g/mol. The first-order valence-electron chi connectivity index (χ1n) is 7.66. The minimum absolute atomic E-state index is 0.187. The van der Waals surface area contributed by atoms with Gasteiger partial charge in [0.15, 0.2) is 0 Å². The van der Waals surface area contributed by atoms with Gasteiger partial charge in [0, 0.05) is 35.5 Å². The molecule has 0 amide bonds. The Balaban J connectivity index is 1.84. The lowest BCUT2D eigenvalue weighted by Crippen LogP contribution is -2.35. The molecule has 0 spiro atoms. The van der Waals surface area contributed by atoms with Crippen LogP contribution in [0.1, 0.15) is 32.1 Å². The number of para-hydroxylation sites is 1. The van der Waals surface area contributed by atoms with Crippen LogP contribution >= 0.6 is 11.8 Å². The van der Waals surface area contributed by atoms with Crippen LogP contribution in [-0.4, -0.2) is 35.0 Å². The second-order valence-electron chi connectivity index (χ2n) is 6.33. The summed E-state index contributed by atoms with van der Waals surface area (Å²) in [6.07, 6.45) is 1.19. The Labute approximate surface area is 130 Å². The van der Waals surface area contributed by atoms with Crippen LogP contribution in [0.4, 0.5) is 0 Å². The maximum Gasteiger partial charge on any atom is 0.134 e. The van der Waals surface area contributed by atoms with Gasteiger partial charge in [-0.15, -0.1) is 0 Å². The van der Waals surface area contributed by atoms with E-state index in [4.69, 9.17) is 10.2 Å². The topological polar surface area (TPSA) is 42.4 Å². The SMILES string of the molecule is CC1(C)CCN(C(CN)c2cc3ccccc3o2)CCS1. The first-order valence-corrected chi connectivity index (χ1v) is 8.64. The summed E-state index contributed by atoms with van der Waals surface area (Å²) in [6, 6.07) is 10.5. The molecule has 3 nitrogen and oxygen atoms in total. The maximum absolute atomic E-state index is 6.07. The molecule has 2 N–H and O–H groups in total. The monoisotopic (exact) mass is 304 g/mol. The molecule has 21 heavy (non-hydrogen) atoms. The molecule has 114 valence electrons. The van der Waals surface area contributed by atoms with Crippen LogP contribution in [-0.2, 0) is 0 Å². The fourth-order valence-electron chi connectivity index (χ4n) is 2.96. The Kier molecular flexibility index (Phi) is 4.29. The van der Waals surface area contributed by atoms with E-state index in [2.05, 4.69) is 42.6 Å². The number of thioether (sulfide) groups is 1. The molecule has 0 bridgehead atoms. The molecule has 1 aromatic carbocycles. The molecule has 1 aromatic heterocycles. The van der Waals surface area contributed by atoms with Crippen molar-refractivity contribution >= 4 is 22.7 Å². The number of nitrogens with two attached hydrogens (primary N) is 1. The van der Waals surface area contributed by atoms with Crippen LogP contribution in [0.2, 0.25) is 0 Å². The van der Waals surface area contributed by atoms with E-state index in [1.807, 2.05) is 18.2 Å². The van der Waals surface area contributed by atoms with E-state index in [1.54, 1.807) is 0 Å². The third kappa shape index (κ3) is 3.28. The van der Waals surface area contributed by atoms with Crippen molar-refractivity contribution < 1.29 is 4.42 Å². The normalized spacial score (nSPS) is 21.3. The molecule has 1 aliphatic rings. The van der Waals surface area contributed by atoms with Crippen molar-refractivity contribution in [2.45, 2.75) is 31.1 Å². The summed E-state index contributed by atoms with van der Waals surface area (Å²) < 4.78 is 6.40. The van der Waals surface area contributed by atoms with Crippen LogP contribution in [0.25, 0.3) is 11.0 Å². The standard InChI is InChI=1S/C17H24N2OS/c1-17(2)7-8-19(9-10-21-17)14(12-18)16-11-13-5-3-4-6-15(13)20-16/h3-6,11,14H,7-10,12,18H2,1-2H3. The van der Waals surface area contributed by atoms with E-state index in [0.717, 1.165) is 35.6 Å². The zero-order chi connectivity index (χ0) is 14.9. The van der Waals surface area contributed by atoms with Crippen LogP contribution < -0.4 is 5.73 Å². The van der Waals surface area contributed by atoms with Gasteiger partial charge in [0.1, 0.15) is 11.3 Å². The van der Waals surface area contributed by atoms with Crippen molar-refractivity contribution in [2.24, 2.45) is 5.73 Å². The van der Waals surface area contributed by atoms with Crippen molar-refractivity contribution in [3.8, 4) is 0 Å². The molecular formula is C17H24N2OS. The smallest absolute Gasteiger partial charge is 0.134 e. The van der Waals surface area contributed by atoms with Crippen LogP contribution in [0, 0.1) is 0 Å². The summed E-state index contributed by atoms with van der Waals surface area (Å²) >= 11 is 2.06. The van der Waals surface area contributed by atoms with Crippen molar-refractivity contribution in [3.63, 3.8) is 0 Å². The van der Waals surface area contributed by atoms with Gasteiger partial charge in [-0.1, -0.05) is 32.0 Å². The van der Waals surface area contributed by atoms with Gasteiger partial charge in [0.05, 0.1) is 6.04 Å². The van der Waals surface area contributed by atoms with Gasteiger partial charge < -0.3 is 10.2 Å². The molecular weight excluding hydrogens is 280 g/mol. The highest BCUT2D eigenvalue weighted by Crippen LogP contribution is 2.34. The molecule has 4 heteroatoms. The summed E-state index contributed by atoms with van der Waals surface area (Å²) in [6.45, 7) is 7.43. The maximum atomic E-state index is 6.07. The van der Waals surface area contributed by atoms with Gasteiger partial charge in [-0.3, -0.25) is 4.90 Å². The van der Waals surface area contributed by atoms with E-state index in [1.165, 1.54) is 6.42 Å². The fourth-order valence-corrected chi connectivity index (χ4v) is 4.07. The van der Waals surface area contributed by atoms with Crippen molar-refractivity contribution in [1.82, 2.24) is 4.90 Å². The number of nitrogens with zero attached hydrogens (tertiary/aromatic N) is 1. The summed E-state index contributed by atoms with van der Waals surface area (Å²) in [5.74, 6) is 2.16. The molecule has 2 heterocycles. The third-order valence-corrected chi connectivity index (χ3v) is 5.68. The van der Waals surface area contributed by atoms with Gasteiger partial charge in [-0.25, -0.2) is 0 Å². The van der Waals surface area contributed by atoms with E-state index >= 15 is 0 Å². The second-order valence-corrected chi connectivity index (χ2v) is 8.13. The number of hydrogen-bond acceptors (Lipinski definition) is 4. The molecule has 0 radical (unpaired) electrons. The van der Waals surface area contributed by atoms with E-state index in [-0.39, 0.29) is 6.04 Å². The van der Waals surface area contributed by atoms with E-state index in [0.29, 0.717) is 11.3 Å². The summed E-state index contributed by atoms with van der Waals surface area (Å²) in [7, 11) is 0. The van der Waals surface area contributed by atoms with E-state index in [9.17, 15) is 0 Å². The molecule has 2 aromatic rings. The Morgan fingerprint density at radius 2 is 2.14 bits per heavy atom. The summed E-state index contributed by atoms with van der Waals surface area (Å²) in [5.41, 5.74) is 7.02. The van der Waals surface area contributed by atoms with Gasteiger partial charge in [0.25, 0.3) is 0 Å². The quantitative estimate of drug-likeness (QED) is 0.940. The zero-order valence-electron chi connectivity index (χ0n) is 12.8. The van der Waals surface area contributed by atoms with Gasteiger partial charge in [-0.2, -0.15) is 11.8 Å². The first-order chi connectivity index (χ1) is 10.1. The average Bonchev–Trinajstić information content (AvgIpc) is 2.79. The van der Waals surface area contributed by atoms with Gasteiger partial charge >= 0.3 is 0 Å². The zero-order valence-corrected chi connectivity index (χ0v) is 13.7. The second kappa shape index (κ2) is 6.03. The first kappa shape index (κ1) is 14.9. The van der Waals surface area contributed by atoms with Gasteiger partial charge in [0.2, 0.25) is 0 Å². The van der Waals surface area contributed by atoms with Gasteiger partial charge in [-0.05, 0) is 18.6 Å². The van der Waals surface area contributed by atoms with Crippen molar-refractivity contribution in [2.75, 3.05) is 25.4 Å². The molecule has 1 atom stereocenters. The van der Waals surface area contributed by atoms with Crippen molar-refractivity contribution in [3.05, 3.63) is 36.1 Å². The summed E-state index contributed by atoms with van der Waals surface area (Å²) in [4.78, 5) is 2.49. The highest BCUT2D eigenvalue weighted by atomic mass is 32.2. The Bertz CT molecular complexity index is 575. The van der Waals surface area contributed by atoms with Crippen molar-refractivity contribution in [1.29, 1.82) is 0 Å². The number of hydrogen-bond donors (Lipinski definition) is 1. The summed E-state index contributed by atoms with van der Waals surface area (Å²) in [5, 5.41) is 1.16. The third-order valence-electron chi connectivity index (χ3n) is 4.31. The molecule has 1 saturated heterocycles. The molecule has 1 fully saturated rings. The molecule has 1 unspecified atom stereocenters. The predicted octanol–water partition coefficient (Wildman–Crippen LogP) is 3.65. The fraction of sp³-hybridized carbons (Fsp3) is 0.529. The largest absolute Gasteiger partial charge is 0.459 e. The lowest BCUT2D eigenvalue weighted by atomic mass is 10.1. The van der Waals surface area contributed by atoms with Crippen LogP contribution in [0.3, 0.4) is 0 Å². The Morgan fingerprint density at radius 1 is 1.33 bits per heavy atom. The number of rotatable bonds is 3. The highest BCUT2D eigenvalue weighted by Gasteiger charge is 2.29. The molecule has 3 rings (SSSR count). The van der Waals surface area contributed by atoms with Crippen LogP contribution in [0.5, 0.6) is 0 Å². The molecule has 1 aliphatic heterocycles. The number of furan rings is 1. The lowest BCUT2D eigenvalue weighted by Gasteiger charge is -2.28. The molecule has 0 aliphatic carbocycles. The molecule has 0 saturated carbocycles. The minimum Gasteiger partial charge on any atom is -0.459 e. The number of benzene rings is 1. The minimum atomic E-state index is 0.187. The highest BCUT2D eigenvalue weighted by molar-refractivity contribution is 8.00. The lowest BCUT2D eigenvalue weighted by molar-refractivity contribution is 0.189. The number of fused-ring (bicyclic) bond motifs is 1. The van der Waals surface area contributed by atoms with Crippen LogP contribution in [0.15, 0.2) is 34.7 Å². The predicted molar refractivity (Wildman–Crippen MR) is 90.7 cm³/mol. The van der Waals surface area contributed by atoms with E-state index < -0.39 is 0 Å².